The first-order valence-electron chi connectivity index (χ1n) is 11.0. The Balaban J connectivity index is 1.28. The van der Waals surface area contributed by atoms with Gasteiger partial charge in [-0.3, -0.25) is 4.79 Å². The van der Waals surface area contributed by atoms with Crippen LogP contribution in [0.1, 0.15) is 25.8 Å². The smallest absolute Gasteiger partial charge is 0.229 e. The van der Waals surface area contributed by atoms with Crippen molar-refractivity contribution in [2.24, 2.45) is 0 Å². The maximum atomic E-state index is 11.5. The predicted octanol–water partition coefficient (Wildman–Crippen LogP) is 3.19. The molecule has 1 N–H and O–H groups in total. The second-order valence-electron chi connectivity index (χ2n) is 8.20. The number of rotatable bonds is 4. The Morgan fingerprint density at radius 2 is 1.81 bits per heavy atom. The van der Waals surface area contributed by atoms with E-state index in [-0.39, 0.29) is 5.91 Å². The van der Waals surface area contributed by atoms with E-state index in [0.29, 0.717) is 12.0 Å². The SMILES string of the molecule is CC(=O)N1CCN(c2ccc(Nc3ncc4ccn(C5CCOCC5)c4n3)cc2)CC1. The molecule has 0 spiro atoms. The summed E-state index contributed by atoms with van der Waals surface area (Å²) in [7, 11) is 0. The molecule has 0 unspecified atom stereocenters. The molecule has 2 aliphatic heterocycles. The van der Waals surface area contributed by atoms with Crippen molar-refractivity contribution in [3.8, 4) is 0 Å². The number of fused-ring (bicyclic) bond motifs is 1. The molecule has 5 rings (SSSR count). The number of anilines is 3. The van der Waals surface area contributed by atoms with Crippen LogP contribution in [0.4, 0.5) is 17.3 Å². The summed E-state index contributed by atoms with van der Waals surface area (Å²) in [5.74, 6) is 0.751. The summed E-state index contributed by atoms with van der Waals surface area (Å²) in [6, 6.07) is 10.8. The number of nitrogens with zero attached hydrogens (tertiary/aromatic N) is 5. The minimum Gasteiger partial charge on any atom is -0.381 e. The van der Waals surface area contributed by atoms with Gasteiger partial charge in [0.15, 0.2) is 0 Å². The molecule has 8 heteroatoms. The molecular formula is C23H28N6O2. The van der Waals surface area contributed by atoms with Gasteiger partial charge in [-0.05, 0) is 43.2 Å². The third kappa shape index (κ3) is 4.20. The minimum absolute atomic E-state index is 0.152. The van der Waals surface area contributed by atoms with Crippen molar-refractivity contribution in [3.63, 3.8) is 0 Å². The van der Waals surface area contributed by atoms with Crippen molar-refractivity contribution in [2.45, 2.75) is 25.8 Å². The van der Waals surface area contributed by atoms with Crippen molar-refractivity contribution in [2.75, 3.05) is 49.6 Å². The van der Waals surface area contributed by atoms with Crippen LogP contribution in [-0.2, 0) is 9.53 Å². The third-order valence-electron chi connectivity index (χ3n) is 6.25. The number of benzene rings is 1. The average Bonchev–Trinajstić information content (AvgIpc) is 3.23. The lowest BCUT2D eigenvalue weighted by Gasteiger charge is -2.35. The van der Waals surface area contributed by atoms with Gasteiger partial charge in [0, 0.05) is 81.5 Å². The van der Waals surface area contributed by atoms with Gasteiger partial charge in [-0.2, -0.15) is 4.98 Å². The van der Waals surface area contributed by atoms with Crippen LogP contribution in [0.5, 0.6) is 0 Å². The molecule has 2 saturated heterocycles. The summed E-state index contributed by atoms with van der Waals surface area (Å²) in [6.07, 6.45) is 6.01. The van der Waals surface area contributed by atoms with Crippen LogP contribution in [-0.4, -0.2) is 64.7 Å². The molecule has 1 aromatic carbocycles. The standard InChI is InChI=1S/C23H28N6O2/c1-17(30)27-10-12-28(13-11-27)20-4-2-19(3-5-20)25-23-24-16-18-6-9-29(22(18)26-23)21-7-14-31-15-8-21/h2-6,9,16,21H,7-8,10-15H2,1H3,(H,24,25,26). The van der Waals surface area contributed by atoms with Gasteiger partial charge in [0.2, 0.25) is 11.9 Å². The van der Waals surface area contributed by atoms with E-state index in [0.717, 1.165) is 69.0 Å². The summed E-state index contributed by atoms with van der Waals surface area (Å²) in [5.41, 5.74) is 3.08. The van der Waals surface area contributed by atoms with Gasteiger partial charge in [-0.25, -0.2) is 4.98 Å². The Bertz CT molecular complexity index is 1050. The molecule has 1 amide bonds. The van der Waals surface area contributed by atoms with Crippen LogP contribution in [0.2, 0.25) is 0 Å². The summed E-state index contributed by atoms with van der Waals surface area (Å²) in [4.78, 5) is 25.0. The number of piperazine rings is 1. The van der Waals surface area contributed by atoms with Crippen molar-refractivity contribution >= 4 is 34.3 Å². The third-order valence-corrected chi connectivity index (χ3v) is 6.25. The second-order valence-corrected chi connectivity index (χ2v) is 8.20. The van der Waals surface area contributed by atoms with Crippen LogP contribution in [0, 0.1) is 0 Å². The average molecular weight is 421 g/mol. The second kappa shape index (κ2) is 8.55. The van der Waals surface area contributed by atoms with Gasteiger partial charge >= 0.3 is 0 Å². The maximum Gasteiger partial charge on any atom is 0.229 e. The fourth-order valence-corrected chi connectivity index (χ4v) is 4.42. The van der Waals surface area contributed by atoms with Gasteiger partial charge in [0.05, 0.1) is 0 Å². The van der Waals surface area contributed by atoms with E-state index < -0.39 is 0 Å². The topological polar surface area (TPSA) is 75.5 Å². The zero-order chi connectivity index (χ0) is 21.2. The van der Waals surface area contributed by atoms with Gasteiger partial charge in [-0.15, -0.1) is 0 Å². The minimum atomic E-state index is 0.152. The number of amides is 1. The van der Waals surface area contributed by atoms with Gasteiger partial charge in [0.25, 0.3) is 0 Å². The van der Waals surface area contributed by atoms with Crippen LogP contribution in [0.15, 0.2) is 42.7 Å². The first-order chi connectivity index (χ1) is 15.2. The predicted molar refractivity (Wildman–Crippen MR) is 121 cm³/mol. The molecule has 2 aliphatic rings. The number of hydrogen-bond acceptors (Lipinski definition) is 6. The maximum absolute atomic E-state index is 11.5. The highest BCUT2D eigenvalue weighted by Crippen LogP contribution is 2.27. The lowest BCUT2D eigenvalue weighted by Crippen LogP contribution is -2.48. The molecule has 0 saturated carbocycles. The summed E-state index contributed by atoms with van der Waals surface area (Å²) < 4.78 is 7.76. The zero-order valence-corrected chi connectivity index (χ0v) is 17.8. The highest BCUT2D eigenvalue weighted by molar-refractivity contribution is 5.77. The Morgan fingerprint density at radius 3 is 2.52 bits per heavy atom. The summed E-state index contributed by atoms with van der Waals surface area (Å²) in [6.45, 7) is 6.50. The highest BCUT2D eigenvalue weighted by atomic mass is 16.5. The molecule has 0 aliphatic carbocycles. The summed E-state index contributed by atoms with van der Waals surface area (Å²) >= 11 is 0. The van der Waals surface area contributed by atoms with E-state index in [1.807, 2.05) is 11.1 Å². The first kappa shape index (κ1) is 19.8. The van der Waals surface area contributed by atoms with E-state index in [1.54, 1.807) is 6.92 Å². The van der Waals surface area contributed by atoms with Crippen LogP contribution < -0.4 is 10.2 Å². The molecule has 2 fully saturated rings. The number of hydrogen-bond donors (Lipinski definition) is 1. The van der Waals surface area contributed by atoms with Crippen molar-refractivity contribution in [3.05, 3.63) is 42.7 Å². The molecule has 4 heterocycles. The quantitative estimate of drug-likeness (QED) is 0.699. The molecule has 0 radical (unpaired) electrons. The van der Waals surface area contributed by atoms with Crippen molar-refractivity contribution in [1.29, 1.82) is 0 Å². The molecule has 0 bridgehead atoms. The van der Waals surface area contributed by atoms with E-state index in [9.17, 15) is 4.79 Å². The highest BCUT2D eigenvalue weighted by Gasteiger charge is 2.19. The van der Waals surface area contributed by atoms with E-state index >= 15 is 0 Å². The molecule has 8 nitrogen and oxygen atoms in total. The number of aromatic nitrogens is 3. The molecule has 162 valence electrons. The number of carbonyl (C=O) groups is 1. The van der Waals surface area contributed by atoms with E-state index in [1.165, 1.54) is 5.69 Å². The lowest BCUT2D eigenvalue weighted by atomic mass is 10.1. The number of carbonyl (C=O) groups excluding carboxylic acids is 1. The fraction of sp³-hybridized carbons (Fsp3) is 0.435. The van der Waals surface area contributed by atoms with Gasteiger partial charge in [0.1, 0.15) is 5.65 Å². The van der Waals surface area contributed by atoms with Gasteiger partial charge in [-0.1, -0.05) is 0 Å². The number of ether oxygens (including phenoxy) is 1. The fourth-order valence-electron chi connectivity index (χ4n) is 4.42. The lowest BCUT2D eigenvalue weighted by molar-refractivity contribution is -0.129. The summed E-state index contributed by atoms with van der Waals surface area (Å²) in [5, 5.41) is 4.39. The molecule has 0 atom stereocenters. The Morgan fingerprint density at radius 1 is 1.06 bits per heavy atom. The molecule has 31 heavy (non-hydrogen) atoms. The van der Waals surface area contributed by atoms with Crippen molar-refractivity contribution in [1.82, 2.24) is 19.4 Å². The van der Waals surface area contributed by atoms with E-state index in [2.05, 4.69) is 56.3 Å². The van der Waals surface area contributed by atoms with Crippen LogP contribution >= 0.6 is 0 Å². The first-order valence-corrected chi connectivity index (χ1v) is 11.0. The van der Waals surface area contributed by atoms with E-state index in [4.69, 9.17) is 9.72 Å². The van der Waals surface area contributed by atoms with Crippen molar-refractivity contribution < 1.29 is 9.53 Å². The monoisotopic (exact) mass is 420 g/mol. The Hall–Kier alpha value is -3.13. The van der Waals surface area contributed by atoms with Crippen LogP contribution in [0.3, 0.4) is 0 Å². The normalized spacial score (nSPS) is 17.8. The molecular weight excluding hydrogens is 392 g/mol. The zero-order valence-electron chi connectivity index (χ0n) is 17.8. The number of nitrogens with one attached hydrogen (secondary N) is 1. The van der Waals surface area contributed by atoms with Crippen LogP contribution in [0.25, 0.3) is 11.0 Å². The molecule has 3 aromatic rings. The Kier molecular flexibility index (Phi) is 5.46. The van der Waals surface area contributed by atoms with Gasteiger partial charge < -0.3 is 24.4 Å². The largest absolute Gasteiger partial charge is 0.381 e. The molecule has 2 aromatic heterocycles. The Labute approximate surface area is 181 Å².